The normalized spacial score (nSPS) is 18.2. The molecule has 1 aliphatic rings. The zero-order chi connectivity index (χ0) is 12.7. The van der Waals surface area contributed by atoms with Gasteiger partial charge in [-0.15, -0.1) is 0 Å². The van der Waals surface area contributed by atoms with Crippen molar-refractivity contribution >= 4 is 5.69 Å². The fraction of sp³-hybridized carbons (Fsp3) is 0.357. The van der Waals surface area contributed by atoms with E-state index in [4.69, 9.17) is 0 Å². The molecule has 18 heavy (non-hydrogen) atoms. The second-order valence-corrected chi connectivity index (χ2v) is 4.98. The Morgan fingerprint density at radius 1 is 1.44 bits per heavy atom. The van der Waals surface area contributed by atoms with Gasteiger partial charge in [-0.25, -0.2) is 0 Å². The minimum atomic E-state index is 0.309. The highest BCUT2D eigenvalue weighted by molar-refractivity contribution is 5.75. The summed E-state index contributed by atoms with van der Waals surface area (Å²) in [6.07, 6.45) is 4.83. The maximum absolute atomic E-state index is 10.1. The first-order chi connectivity index (χ1) is 8.65. The molecule has 0 bridgehead atoms. The van der Waals surface area contributed by atoms with E-state index in [1.165, 1.54) is 5.56 Å². The van der Waals surface area contributed by atoms with E-state index in [2.05, 4.69) is 23.4 Å². The lowest BCUT2D eigenvalue weighted by Gasteiger charge is -2.25. The van der Waals surface area contributed by atoms with E-state index >= 15 is 0 Å². The van der Waals surface area contributed by atoms with Gasteiger partial charge in [0.05, 0.1) is 6.20 Å². The molecule has 94 valence electrons. The van der Waals surface area contributed by atoms with Crippen LogP contribution in [0.25, 0.3) is 11.1 Å². The molecule has 1 unspecified atom stereocenters. The standard InChI is InChI=1S/C14H17N3O/c1-9-3-4-15-13-6-14(18)12(5-11(9)13)10-7-16-17(2)8-10/h5-9,15,18H,3-4H2,1-2H3. The summed E-state index contributed by atoms with van der Waals surface area (Å²) in [5.41, 5.74) is 4.14. The predicted octanol–water partition coefficient (Wildman–Crippen LogP) is 2.71. The summed E-state index contributed by atoms with van der Waals surface area (Å²) in [7, 11) is 1.88. The Hall–Kier alpha value is -1.97. The number of phenols is 1. The number of aromatic hydroxyl groups is 1. The minimum absolute atomic E-state index is 0.309. The van der Waals surface area contributed by atoms with Gasteiger partial charge in [-0.3, -0.25) is 4.68 Å². The Morgan fingerprint density at radius 2 is 2.28 bits per heavy atom. The predicted molar refractivity (Wildman–Crippen MR) is 71.8 cm³/mol. The first-order valence-electron chi connectivity index (χ1n) is 6.25. The molecule has 1 aliphatic heterocycles. The Kier molecular flexibility index (Phi) is 2.51. The van der Waals surface area contributed by atoms with E-state index in [0.717, 1.165) is 29.8 Å². The fourth-order valence-electron chi connectivity index (χ4n) is 2.54. The van der Waals surface area contributed by atoms with Gasteiger partial charge in [-0.2, -0.15) is 5.10 Å². The third-order valence-electron chi connectivity index (χ3n) is 3.61. The van der Waals surface area contributed by atoms with Gasteiger partial charge in [-0.05, 0) is 24.0 Å². The van der Waals surface area contributed by atoms with Crippen molar-refractivity contribution in [3.8, 4) is 16.9 Å². The molecule has 0 radical (unpaired) electrons. The summed E-state index contributed by atoms with van der Waals surface area (Å²) in [4.78, 5) is 0. The van der Waals surface area contributed by atoms with Gasteiger partial charge in [0.15, 0.2) is 0 Å². The molecule has 2 aromatic rings. The number of hydrogen-bond donors (Lipinski definition) is 2. The van der Waals surface area contributed by atoms with Crippen LogP contribution in [0.2, 0.25) is 0 Å². The van der Waals surface area contributed by atoms with Crippen LogP contribution in [0.15, 0.2) is 24.5 Å². The van der Waals surface area contributed by atoms with Crippen LogP contribution in [-0.2, 0) is 7.05 Å². The molecular weight excluding hydrogens is 226 g/mol. The molecule has 0 amide bonds. The average molecular weight is 243 g/mol. The monoisotopic (exact) mass is 243 g/mol. The lowest BCUT2D eigenvalue weighted by Crippen LogP contribution is -2.14. The summed E-state index contributed by atoms with van der Waals surface area (Å²) < 4.78 is 1.75. The Morgan fingerprint density at radius 3 is 3.00 bits per heavy atom. The Balaban J connectivity index is 2.13. The van der Waals surface area contributed by atoms with Crippen LogP contribution in [0.1, 0.15) is 24.8 Å². The highest BCUT2D eigenvalue weighted by atomic mass is 16.3. The van der Waals surface area contributed by atoms with E-state index in [9.17, 15) is 5.11 Å². The molecule has 0 fully saturated rings. The first kappa shape index (κ1) is 11.1. The van der Waals surface area contributed by atoms with Gasteiger partial charge in [0.25, 0.3) is 0 Å². The van der Waals surface area contributed by atoms with E-state index in [1.807, 2.05) is 19.3 Å². The zero-order valence-corrected chi connectivity index (χ0v) is 10.6. The summed E-state index contributed by atoms with van der Waals surface area (Å²) in [6.45, 7) is 3.20. The largest absolute Gasteiger partial charge is 0.507 e. The summed E-state index contributed by atoms with van der Waals surface area (Å²) in [5, 5.41) is 17.6. The smallest absolute Gasteiger partial charge is 0.125 e. The lowest BCUT2D eigenvalue weighted by atomic mass is 9.90. The molecular formula is C14H17N3O. The highest BCUT2D eigenvalue weighted by Gasteiger charge is 2.19. The summed E-state index contributed by atoms with van der Waals surface area (Å²) in [6, 6.07) is 3.91. The molecule has 3 rings (SSSR count). The zero-order valence-electron chi connectivity index (χ0n) is 10.6. The van der Waals surface area contributed by atoms with Crippen molar-refractivity contribution in [2.24, 2.45) is 7.05 Å². The summed E-state index contributed by atoms with van der Waals surface area (Å²) in [5.74, 6) is 0.834. The van der Waals surface area contributed by atoms with Crippen LogP contribution in [0.3, 0.4) is 0 Å². The molecule has 0 saturated heterocycles. The van der Waals surface area contributed by atoms with Crippen molar-refractivity contribution in [2.45, 2.75) is 19.3 Å². The molecule has 1 aromatic carbocycles. The topological polar surface area (TPSA) is 50.1 Å². The molecule has 4 heteroatoms. The number of phenolic OH excluding ortho intramolecular Hbond substituents is 1. The maximum atomic E-state index is 10.1. The maximum Gasteiger partial charge on any atom is 0.125 e. The van der Waals surface area contributed by atoms with Crippen molar-refractivity contribution in [1.29, 1.82) is 0 Å². The number of rotatable bonds is 1. The molecule has 0 aliphatic carbocycles. The number of hydrogen-bond acceptors (Lipinski definition) is 3. The number of nitrogens with zero attached hydrogens (tertiary/aromatic N) is 2. The molecule has 1 atom stereocenters. The third kappa shape index (κ3) is 1.74. The van der Waals surface area contributed by atoms with Crippen LogP contribution in [0, 0.1) is 0 Å². The Bertz CT molecular complexity index is 589. The second-order valence-electron chi connectivity index (χ2n) is 4.98. The first-order valence-corrected chi connectivity index (χ1v) is 6.25. The van der Waals surface area contributed by atoms with Crippen LogP contribution in [0.4, 0.5) is 5.69 Å². The second kappa shape index (κ2) is 4.05. The third-order valence-corrected chi connectivity index (χ3v) is 3.61. The number of aromatic nitrogens is 2. The Labute approximate surface area is 106 Å². The van der Waals surface area contributed by atoms with Crippen molar-refractivity contribution in [2.75, 3.05) is 11.9 Å². The van der Waals surface area contributed by atoms with Gasteiger partial charge < -0.3 is 10.4 Å². The minimum Gasteiger partial charge on any atom is -0.507 e. The van der Waals surface area contributed by atoms with Crippen molar-refractivity contribution in [3.05, 3.63) is 30.1 Å². The molecule has 1 aromatic heterocycles. The number of nitrogens with one attached hydrogen (secondary N) is 1. The SMILES string of the molecule is CC1CCNc2cc(O)c(-c3cnn(C)c3)cc21. The van der Waals surface area contributed by atoms with Crippen molar-refractivity contribution in [3.63, 3.8) is 0 Å². The van der Waals surface area contributed by atoms with E-state index in [-0.39, 0.29) is 0 Å². The van der Waals surface area contributed by atoms with Gasteiger partial charge in [-0.1, -0.05) is 6.92 Å². The van der Waals surface area contributed by atoms with Gasteiger partial charge in [0, 0.05) is 42.7 Å². The molecule has 2 heterocycles. The number of fused-ring (bicyclic) bond motifs is 1. The van der Waals surface area contributed by atoms with Gasteiger partial charge >= 0.3 is 0 Å². The van der Waals surface area contributed by atoms with Crippen LogP contribution >= 0.6 is 0 Å². The van der Waals surface area contributed by atoms with Crippen LogP contribution < -0.4 is 5.32 Å². The lowest BCUT2D eigenvalue weighted by molar-refractivity contribution is 0.477. The number of benzene rings is 1. The van der Waals surface area contributed by atoms with Crippen LogP contribution in [0.5, 0.6) is 5.75 Å². The number of aryl methyl sites for hydroxylation is 1. The molecule has 0 spiro atoms. The molecule has 4 nitrogen and oxygen atoms in total. The van der Waals surface area contributed by atoms with Gasteiger partial charge in [0.2, 0.25) is 0 Å². The van der Waals surface area contributed by atoms with Crippen molar-refractivity contribution < 1.29 is 5.11 Å². The average Bonchev–Trinajstić information content (AvgIpc) is 2.75. The number of anilines is 1. The van der Waals surface area contributed by atoms with E-state index in [0.29, 0.717) is 11.7 Å². The summed E-state index contributed by atoms with van der Waals surface area (Å²) >= 11 is 0. The van der Waals surface area contributed by atoms with Crippen molar-refractivity contribution in [1.82, 2.24) is 9.78 Å². The van der Waals surface area contributed by atoms with Gasteiger partial charge in [0.1, 0.15) is 5.75 Å². The fourth-order valence-corrected chi connectivity index (χ4v) is 2.54. The van der Waals surface area contributed by atoms with Crippen LogP contribution in [-0.4, -0.2) is 21.4 Å². The molecule has 2 N–H and O–H groups in total. The quantitative estimate of drug-likeness (QED) is 0.809. The van der Waals surface area contributed by atoms with E-state index in [1.54, 1.807) is 10.9 Å². The molecule has 0 saturated carbocycles. The highest BCUT2D eigenvalue weighted by Crippen LogP contribution is 2.39. The van der Waals surface area contributed by atoms with E-state index < -0.39 is 0 Å².